The molecule has 0 radical (unpaired) electrons. The summed E-state index contributed by atoms with van der Waals surface area (Å²) in [6.07, 6.45) is 1.84. The minimum absolute atomic E-state index is 0.247. The molecule has 0 saturated heterocycles. The van der Waals surface area contributed by atoms with Crippen LogP contribution in [0.4, 0.5) is 5.69 Å². The quantitative estimate of drug-likeness (QED) is 0.807. The van der Waals surface area contributed by atoms with Crippen molar-refractivity contribution in [3.05, 3.63) is 40.3 Å². The Morgan fingerprint density at radius 1 is 1.62 bits per heavy atom. The molecule has 1 unspecified atom stereocenters. The first kappa shape index (κ1) is 10.6. The van der Waals surface area contributed by atoms with Crippen molar-refractivity contribution in [2.45, 2.75) is 13.0 Å². The van der Waals surface area contributed by atoms with Gasteiger partial charge in [-0.3, -0.25) is 0 Å². The third-order valence-corrected chi connectivity index (χ3v) is 2.90. The van der Waals surface area contributed by atoms with Crippen molar-refractivity contribution in [2.75, 3.05) is 5.32 Å². The second-order valence-corrected chi connectivity index (χ2v) is 4.06. The second-order valence-electron chi connectivity index (χ2n) is 2.80. The molecule has 70 valence electrons. The van der Waals surface area contributed by atoms with Gasteiger partial charge in [0.05, 0.1) is 5.02 Å². The lowest BCUT2D eigenvalue weighted by Gasteiger charge is -2.11. The van der Waals surface area contributed by atoms with E-state index in [-0.39, 0.29) is 6.04 Å². The Bertz CT molecular complexity index is 312. The molecule has 0 fully saturated rings. The van der Waals surface area contributed by atoms with E-state index < -0.39 is 0 Å². The molecule has 0 spiro atoms. The molecule has 0 amide bonds. The van der Waals surface area contributed by atoms with Crippen LogP contribution in [0.3, 0.4) is 0 Å². The summed E-state index contributed by atoms with van der Waals surface area (Å²) < 4.78 is 0.908. The summed E-state index contributed by atoms with van der Waals surface area (Å²) in [5.41, 5.74) is 1.00. The number of nitrogens with one attached hydrogen (secondary N) is 1. The van der Waals surface area contributed by atoms with Crippen molar-refractivity contribution in [1.29, 1.82) is 0 Å². The van der Waals surface area contributed by atoms with E-state index >= 15 is 0 Å². The number of halogens is 2. The molecule has 1 nitrogen and oxygen atoms in total. The van der Waals surface area contributed by atoms with E-state index in [1.807, 2.05) is 31.2 Å². The van der Waals surface area contributed by atoms with Gasteiger partial charge in [0.1, 0.15) is 0 Å². The fourth-order valence-corrected chi connectivity index (χ4v) is 1.33. The topological polar surface area (TPSA) is 12.0 Å². The minimum Gasteiger partial charge on any atom is -0.379 e. The van der Waals surface area contributed by atoms with Crippen LogP contribution in [0.25, 0.3) is 0 Å². The van der Waals surface area contributed by atoms with Crippen LogP contribution in [0.2, 0.25) is 5.02 Å². The number of benzene rings is 1. The van der Waals surface area contributed by atoms with Gasteiger partial charge in [-0.15, -0.1) is 6.58 Å². The lowest BCUT2D eigenvalue weighted by Crippen LogP contribution is -2.10. The highest BCUT2D eigenvalue weighted by atomic mass is 79.9. The van der Waals surface area contributed by atoms with Crippen molar-refractivity contribution < 1.29 is 0 Å². The van der Waals surface area contributed by atoms with Crippen LogP contribution in [0.1, 0.15) is 6.92 Å². The van der Waals surface area contributed by atoms with Gasteiger partial charge < -0.3 is 5.32 Å². The summed E-state index contributed by atoms with van der Waals surface area (Å²) in [4.78, 5) is 0. The Balaban J connectivity index is 2.79. The highest BCUT2D eigenvalue weighted by Gasteiger charge is 2.00. The van der Waals surface area contributed by atoms with Crippen LogP contribution in [0.5, 0.6) is 0 Å². The van der Waals surface area contributed by atoms with Crippen LogP contribution in [0, 0.1) is 0 Å². The van der Waals surface area contributed by atoms with Crippen molar-refractivity contribution in [3.63, 3.8) is 0 Å². The molecule has 0 bridgehead atoms. The van der Waals surface area contributed by atoms with Crippen LogP contribution < -0.4 is 5.32 Å². The summed E-state index contributed by atoms with van der Waals surface area (Å²) >= 11 is 9.26. The van der Waals surface area contributed by atoms with Gasteiger partial charge in [0.15, 0.2) is 0 Å². The maximum absolute atomic E-state index is 5.93. The Hall–Kier alpha value is -0.470. The molecular formula is C10H11BrClN. The van der Waals surface area contributed by atoms with E-state index in [4.69, 9.17) is 11.6 Å². The standard InChI is InChI=1S/C10H11BrClN/c1-3-7(2)13-8-4-5-9(11)10(12)6-8/h3-7,13H,1H2,2H3. The second kappa shape index (κ2) is 4.68. The van der Waals surface area contributed by atoms with Gasteiger partial charge >= 0.3 is 0 Å². The van der Waals surface area contributed by atoms with Crippen molar-refractivity contribution in [1.82, 2.24) is 0 Å². The van der Waals surface area contributed by atoms with E-state index in [9.17, 15) is 0 Å². The monoisotopic (exact) mass is 259 g/mol. The maximum Gasteiger partial charge on any atom is 0.0568 e. The van der Waals surface area contributed by atoms with Gasteiger partial charge in [0.2, 0.25) is 0 Å². The molecule has 3 heteroatoms. The summed E-state index contributed by atoms with van der Waals surface area (Å²) in [5.74, 6) is 0. The fourth-order valence-electron chi connectivity index (χ4n) is 0.908. The lowest BCUT2D eigenvalue weighted by molar-refractivity contribution is 1.00. The van der Waals surface area contributed by atoms with Crippen molar-refractivity contribution in [2.24, 2.45) is 0 Å². The van der Waals surface area contributed by atoms with Gasteiger partial charge in [-0.1, -0.05) is 17.7 Å². The van der Waals surface area contributed by atoms with Gasteiger partial charge in [-0.2, -0.15) is 0 Å². The molecule has 0 aromatic heterocycles. The highest BCUT2D eigenvalue weighted by molar-refractivity contribution is 9.10. The predicted molar refractivity (Wildman–Crippen MR) is 62.4 cm³/mol. The van der Waals surface area contributed by atoms with Crippen LogP contribution in [0.15, 0.2) is 35.3 Å². The van der Waals surface area contributed by atoms with Crippen LogP contribution in [-0.4, -0.2) is 6.04 Å². The number of rotatable bonds is 3. The molecule has 0 aliphatic carbocycles. The zero-order valence-electron chi connectivity index (χ0n) is 7.35. The summed E-state index contributed by atoms with van der Waals surface area (Å²) in [7, 11) is 0. The number of hydrogen-bond donors (Lipinski definition) is 1. The molecule has 1 aromatic rings. The van der Waals surface area contributed by atoms with Crippen molar-refractivity contribution in [3.8, 4) is 0 Å². The van der Waals surface area contributed by atoms with Crippen LogP contribution in [-0.2, 0) is 0 Å². The smallest absolute Gasteiger partial charge is 0.0568 e. The maximum atomic E-state index is 5.93. The Morgan fingerprint density at radius 2 is 2.31 bits per heavy atom. The molecule has 1 N–H and O–H groups in total. The molecular weight excluding hydrogens is 249 g/mol. The summed E-state index contributed by atoms with van der Waals surface area (Å²) in [6, 6.07) is 6.01. The van der Waals surface area contributed by atoms with Gasteiger partial charge in [-0.05, 0) is 41.1 Å². The summed E-state index contributed by atoms with van der Waals surface area (Å²) in [6.45, 7) is 5.72. The fraction of sp³-hybridized carbons (Fsp3) is 0.200. The molecule has 0 saturated carbocycles. The molecule has 1 aromatic carbocycles. The SMILES string of the molecule is C=CC(C)Nc1ccc(Br)c(Cl)c1. The van der Waals surface area contributed by atoms with Crippen molar-refractivity contribution >= 4 is 33.2 Å². The van der Waals surface area contributed by atoms with E-state index in [2.05, 4.69) is 27.8 Å². The zero-order chi connectivity index (χ0) is 9.84. The van der Waals surface area contributed by atoms with Gasteiger partial charge in [-0.25, -0.2) is 0 Å². The third-order valence-electron chi connectivity index (χ3n) is 1.67. The van der Waals surface area contributed by atoms with E-state index in [1.54, 1.807) is 0 Å². The molecule has 1 rings (SSSR count). The highest BCUT2D eigenvalue weighted by Crippen LogP contribution is 2.25. The first-order valence-electron chi connectivity index (χ1n) is 3.97. The molecule has 13 heavy (non-hydrogen) atoms. The molecule has 0 aliphatic rings. The predicted octanol–water partition coefficient (Wildman–Crippen LogP) is 4.09. The zero-order valence-corrected chi connectivity index (χ0v) is 9.69. The average Bonchev–Trinajstić information content (AvgIpc) is 2.11. The average molecular weight is 261 g/mol. The Kier molecular flexibility index (Phi) is 3.82. The molecule has 0 heterocycles. The Labute approximate surface area is 91.9 Å². The van der Waals surface area contributed by atoms with Crippen LogP contribution >= 0.6 is 27.5 Å². The van der Waals surface area contributed by atoms with E-state index in [0.717, 1.165) is 10.2 Å². The largest absolute Gasteiger partial charge is 0.379 e. The van der Waals surface area contributed by atoms with E-state index in [0.29, 0.717) is 5.02 Å². The Morgan fingerprint density at radius 3 is 2.85 bits per heavy atom. The normalized spacial score (nSPS) is 12.2. The molecule has 1 atom stereocenters. The minimum atomic E-state index is 0.247. The van der Waals surface area contributed by atoms with E-state index in [1.165, 1.54) is 0 Å². The first-order valence-corrected chi connectivity index (χ1v) is 5.14. The van der Waals surface area contributed by atoms with Gasteiger partial charge in [0.25, 0.3) is 0 Å². The first-order chi connectivity index (χ1) is 6.13. The lowest BCUT2D eigenvalue weighted by atomic mass is 10.2. The number of hydrogen-bond acceptors (Lipinski definition) is 1. The van der Waals surface area contributed by atoms with Gasteiger partial charge in [0, 0.05) is 16.2 Å². The number of anilines is 1. The third kappa shape index (κ3) is 3.05. The molecule has 0 aliphatic heterocycles. The summed E-state index contributed by atoms with van der Waals surface area (Å²) in [5, 5.41) is 3.95.